The second-order valence-electron chi connectivity index (χ2n) is 7.63. The van der Waals surface area contributed by atoms with Gasteiger partial charge in [0.1, 0.15) is 5.82 Å². The van der Waals surface area contributed by atoms with E-state index in [1.165, 1.54) is 0 Å². The second-order valence-corrected chi connectivity index (χ2v) is 7.63. The number of nitrogens with one attached hydrogen (secondary N) is 1. The molecule has 3 aromatic heterocycles. The van der Waals surface area contributed by atoms with Crippen molar-refractivity contribution in [2.75, 3.05) is 0 Å². The van der Waals surface area contributed by atoms with Crippen LogP contribution in [0.2, 0.25) is 0 Å². The van der Waals surface area contributed by atoms with Gasteiger partial charge in [0.25, 0.3) is 0 Å². The molecule has 6 heteroatoms. The highest BCUT2D eigenvalue weighted by Crippen LogP contribution is 2.16. The van der Waals surface area contributed by atoms with Crippen LogP contribution in [0.25, 0.3) is 16.7 Å². The van der Waals surface area contributed by atoms with Gasteiger partial charge in [-0.25, -0.2) is 9.67 Å². The summed E-state index contributed by atoms with van der Waals surface area (Å²) in [6.45, 7) is 1.93. The number of ketones is 1. The zero-order valence-electron chi connectivity index (χ0n) is 17.1. The summed E-state index contributed by atoms with van der Waals surface area (Å²) in [5, 5.41) is 4.48. The smallest absolute Gasteiger partial charge is 0.167 e. The van der Waals surface area contributed by atoms with E-state index in [2.05, 4.69) is 20.1 Å². The molecule has 31 heavy (non-hydrogen) atoms. The van der Waals surface area contributed by atoms with E-state index in [-0.39, 0.29) is 5.78 Å². The number of benzene rings is 2. The molecular weight excluding hydrogens is 386 g/mol. The Bertz CT molecular complexity index is 1330. The number of nitrogens with zero attached hydrogens (tertiary/aromatic N) is 4. The number of carbonyl (C=O) groups excluding carboxylic acids is 1. The van der Waals surface area contributed by atoms with Crippen molar-refractivity contribution in [3.8, 4) is 5.69 Å². The molecule has 0 aliphatic carbocycles. The predicted octanol–water partition coefficient (Wildman–Crippen LogP) is 4.47. The molecule has 0 amide bonds. The van der Waals surface area contributed by atoms with Crippen LogP contribution in [0, 0.1) is 6.92 Å². The van der Waals surface area contributed by atoms with Gasteiger partial charge in [0.15, 0.2) is 5.78 Å². The van der Waals surface area contributed by atoms with Crippen molar-refractivity contribution >= 4 is 16.8 Å². The monoisotopic (exact) mass is 407 g/mol. The Hall–Kier alpha value is -4.06. The summed E-state index contributed by atoms with van der Waals surface area (Å²) >= 11 is 0. The first-order chi connectivity index (χ1) is 15.1. The van der Waals surface area contributed by atoms with E-state index in [0.717, 1.165) is 39.4 Å². The van der Waals surface area contributed by atoms with Gasteiger partial charge in [-0.3, -0.25) is 9.78 Å². The molecule has 0 spiro atoms. The number of hydrogen-bond donors (Lipinski definition) is 1. The largest absolute Gasteiger partial charge is 0.342 e. The van der Waals surface area contributed by atoms with Gasteiger partial charge in [-0.1, -0.05) is 30.3 Å². The van der Waals surface area contributed by atoms with Crippen LogP contribution in [-0.2, 0) is 12.8 Å². The van der Waals surface area contributed by atoms with E-state index in [4.69, 9.17) is 0 Å². The minimum Gasteiger partial charge on any atom is -0.342 e. The first-order valence-corrected chi connectivity index (χ1v) is 10.2. The molecule has 0 saturated carbocycles. The zero-order valence-corrected chi connectivity index (χ0v) is 17.1. The lowest BCUT2D eigenvalue weighted by Crippen LogP contribution is -2.05. The number of hydrogen-bond acceptors (Lipinski definition) is 4. The SMILES string of the molecule is Cc1ccc(CC(=O)c2cccc(-n3cc(Cc4nc5ccccc5[nH]4)cn3)c2)cn1. The fourth-order valence-corrected chi connectivity index (χ4v) is 3.59. The van der Waals surface area contributed by atoms with Gasteiger partial charge in [-0.2, -0.15) is 5.10 Å². The molecule has 0 bridgehead atoms. The number of H-pyrrole nitrogens is 1. The Morgan fingerprint density at radius 1 is 1.00 bits per heavy atom. The van der Waals surface area contributed by atoms with Crippen molar-refractivity contribution in [3.63, 3.8) is 0 Å². The van der Waals surface area contributed by atoms with Crippen LogP contribution in [0.1, 0.15) is 33.0 Å². The van der Waals surface area contributed by atoms with Crippen molar-refractivity contribution in [1.82, 2.24) is 24.7 Å². The lowest BCUT2D eigenvalue weighted by atomic mass is 10.0. The van der Waals surface area contributed by atoms with Crippen LogP contribution < -0.4 is 0 Å². The van der Waals surface area contributed by atoms with Crippen LogP contribution in [0.3, 0.4) is 0 Å². The van der Waals surface area contributed by atoms with E-state index >= 15 is 0 Å². The highest BCUT2D eigenvalue weighted by molar-refractivity contribution is 5.97. The summed E-state index contributed by atoms with van der Waals surface area (Å²) in [6, 6.07) is 19.4. The van der Waals surface area contributed by atoms with Gasteiger partial charge in [-0.15, -0.1) is 0 Å². The number of rotatable bonds is 6. The summed E-state index contributed by atoms with van der Waals surface area (Å²) < 4.78 is 1.79. The summed E-state index contributed by atoms with van der Waals surface area (Å²) in [5.74, 6) is 0.957. The molecule has 5 rings (SSSR count). The Morgan fingerprint density at radius 2 is 1.90 bits per heavy atom. The molecule has 0 atom stereocenters. The van der Waals surface area contributed by atoms with Crippen molar-refractivity contribution in [2.24, 2.45) is 0 Å². The molecule has 2 aromatic carbocycles. The van der Waals surface area contributed by atoms with E-state index in [9.17, 15) is 4.79 Å². The number of aromatic nitrogens is 5. The van der Waals surface area contributed by atoms with Gasteiger partial charge in [0.2, 0.25) is 0 Å². The van der Waals surface area contributed by atoms with Crippen molar-refractivity contribution < 1.29 is 4.79 Å². The molecule has 0 aliphatic rings. The molecular formula is C25H21N5O. The number of Topliss-reactive ketones (excluding diaryl/α,β-unsaturated/α-hetero) is 1. The maximum Gasteiger partial charge on any atom is 0.167 e. The van der Waals surface area contributed by atoms with Crippen LogP contribution in [0.15, 0.2) is 79.3 Å². The Kier molecular flexibility index (Phi) is 4.88. The molecule has 0 unspecified atom stereocenters. The average molecular weight is 407 g/mol. The Balaban J connectivity index is 1.33. The predicted molar refractivity (Wildman–Crippen MR) is 119 cm³/mol. The van der Waals surface area contributed by atoms with Gasteiger partial charge in [0, 0.05) is 36.5 Å². The zero-order chi connectivity index (χ0) is 21.2. The number of carbonyl (C=O) groups is 1. The van der Waals surface area contributed by atoms with Crippen molar-refractivity contribution in [2.45, 2.75) is 19.8 Å². The van der Waals surface area contributed by atoms with E-state index in [1.54, 1.807) is 10.9 Å². The first kappa shape index (κ1) is 18.9. The summed E-state index contributed by atoms with van der Waals surface area (Å²) in [7, 11) is 0. The summed E-state index contributed by atoms with van der Waals surface area (Å²) in [5.41, 5.74) is 6.39. The maximum absolute atomic E-state index is 12.7. The number of imidazole rings is 1. The number of pyridine rings is 1. The third-order valence-electron chi connectivity index (χ3n) is 5.22. The fraction of sp³-hybridized carbons (Fsp3) is 0.120. The highest BCUT2D eigenvalue weighted by atomic mass is 16.1. The molecule has 3 heterocycles. The number of aryl methyl sites for hydroxylation is 1. The summed E-state index contributed by atoms with van der Waals surface area (Å²) in [6.07, 6.45) is 6.55. The molecule has 6 nitrogen and oxygen atoms in total. The number of aromatic amines is 1. The Labute approximate surface area is 179 Å². The quantitative estimate of drug-likeness (QED) is 0.422. The fourth-order valence-electron chi connectivity index (χ4n) is 3.59. The van der Waals surface area contributed by atoms with Gasteiger partial charge in [0.05, 0.1) is 22.9 Å². The normalized spacial score (nSPS) is 11.1. The van der Waals surface area contributed by atoms with Gasteiger partial charge in [-0.05, 0) is 48.4 Å². The van der Waals surface area contributed by atoms with E-state index in [0.29, 0.717) is 18.4 Å². The highest BCUT2D eigenvalue weighted by Gasteiger charge is 2.10. The molecule has 0 saturated heterocycles. The standard InChI is InChI=1S/C25H21N5O/c1-17-9-10-18(14-26-17)11-24(31)20-5-4-6-21(13-20)30-16-19(15-27-30)12-25-28-22-7-2-3-8-23(22)29-25/h2-10,13-16H,11-12H2,1H3,(H,28,29). The van der Waals surface area contributed by atoms with E-state index < -0.39 is 0 Å². The molecule has 0 aliphatic heterocycles. The third kappa shape index (κ3) is 4.14. The molecule has 152 valence electrons. The van der Waals surface area contributed by atoms with Crippen molar-refractivity contribution in [3.05, 3.63) is 107 Å². The summed E-state index contributed by atoms with van der Waals surface area (Å²) in [4.78, 5) is 25.0. The Morgan fingerprint density at radius 3 is 2.74 bits per heavy atom. The minimum absolute atomic E-state index is 0.0576. The number of fused-ring (bicyclic) bond motifs is 1. The number of para-hydroxylation sites is 2. The van der Waals surface area contributed by atoms with Crippen LogP contribution in [0.5, 0.6) is 0 Å². The van der Waals surface area contributed by atoms with Crippen LogP contribution >= 0.6 is 0 Å². The maximum atomic E-state index is 12.7. The topological polar surface area (TPSA) is 76.5 Å². The molecule has 0 fully saturated rings. The van der Waals surface area contributed by atoms with Gasteiger partial charge < -0.3 is 4.98 Å². The van der Waals surface area contributed by atoms with E-state index in [1.807, 2.05) is 80.0 Å². The van der Waals surface area contributed by atoms with Crippen LogP contribution in [0.4, 0.5) is 0 Å². The third-order valence-corrected chi connectivity index (χ3v) is 5.22. The van der Waals surface area contributed by atoms with Crippen molar-refractivity contribution in [1.29, 1.82) is 0 Å². The lowest BCUT2D eigenvalue weighted by Gasteiger charge is -2.05. The molecule has 0 radical (unpaired) electrons. The first-order valence-electron chi connectivity index (χ1n) is 10.2. The molecule has 1 N–H and O–H groups in total. The lowest BCUT2D eigenvalue weighted by molar-refractivity contribution is 0.0993. The molecule has 5 aromatic rings. The second kappa shape index (κ2) is 7.99. The van der Waals surface area contributed by atoms with Crippen LogP contribution in [-0.4, -0.2) is 30.5 Å². The van der Waals surface area contributed by atoms with Gasteiger partial charge >= 0.3 is 0 Å². The average Bonchev–Trinajstić information content (AvgIpc) is 3.42. The minimum atomic E-state index is 0.0576.